The molecule has 2 rings (SSSR count). The first-order chi connectivity index (χ1) is 8.95. The first-order valence-electron chi connectivity index (χ1n) is 6.04. The summed E-state index contributed by atoms with van der Waals surface area (Å²) in [5.41, 5.74) is 0. The van der Waals surface area contributed by atoms with Gasteiger partial charge in [0.25, 0.3) is 0 Å². The van der Waals surface area contributed by atoms with E-state index in [4.69, 9.17) is 28.3 Å². The third-order valence-electron chi connectivity index (χ3n) is 3.25. The Bertz CT molecular complexity index is 538. The fourth-order valence-electron chi connectivity index (χ4n) is 2.09. The van der Waals surface area contributed by atoms with Crippen LogP contribution in [0.5, 0.6) is 0 Å². The fraction of sp³-hybridized carbons (Fsp3) is 0.500. The van der Waals surface area contributed by atoms with E-state index in [0.29, 0.717) is 0 Å². The summed E-state index contributed by atoms with van der Waals surface area (Å²) in [5, 5.41) is 9.63. The van der Waals surface area contributed by atoms with Gasteiger partial charge in [-0.15, -0.1) is 0 Å². The SMILES string of the molecule is O=S(=O)(c1cc(Cl)cc(Cl)c1)N(CCO)C1CCC1. The Labute approximate surface area is 123 Å². The van der Waals surface area contributed by atoms with Gasteiger partial charge in [-0.25, -0.2) is 8.42 Å². The average Bonchev–Trinajstić information content (AvgIpc) is 2.24. The van der Waals surface area contributed by atoms with Crippen LogP contribution in [0, 0.1) is 0 Å². The van der Waals surface area contributed by atoms with Crippen molar-refractivity contribution in [2.75, 3.05) is 13.2 Å². The second-order valence-electron chi connectivity index (χ2n) is 4.53. The highest BCUT2D eigenvalue weighted by Gasteiger charge is 2.34. The summed E-state index contributed by atoms with van der Waals surface area (Å²) in [4.78, 5) is 0.0744. The predicted octanol–water partition coefficient (Wildman–Crippen LogP) is 2.53. The second kappa shape index (κ2) is 5.97. The molecule has 4 nitrogen and oxygen atoms in total. The summed E-state index contributed by atoms with van der Waals surface area (Å²) in [6.45, 7) is -0.110. The first-order valence-corrected chi connectivity index (χ1v) is 8.23. The predicted molar refractivity (Wildman–Crippen MR) is 75.1 cm³/mol. The molecule has 0 radical (unpaired) electrons. The van der Waals surface area contributed by atoms with E-state index in [-0.39, 0.29) is 34.1 Å². The lowest BCUT2D eigenvalue weighted by Crippen LogP contribution is -2.45. The molecule has 0 amide bonds. The van der Waals surface area contributed by atoms with Crippen LogP contribution in [-0.4, -0.2) is 37.0 Å². The van der Waals surface area contributed by atoms with Gasteiger partial charge in [-0.3, -0.25) is 0 Å². The molecule has 19 heavy (non-hydrogen) atoms. The molecule has 1 aliphatic rings. The van der Waals surface area contributed by atoms with Crippen LogP contribution in [0.4, 0.5) is 0 Å². The Hall–Kier alpha value is -0.330. The summed E-state index contributed by atoms with van der Waals surface area (Å²) >= 11 is 11.7. The van der Waals surface area contributed by atoms with E-state index >= 15 is 0 Å². The van der Waals surface area contributed by atoms with Gasteiger partial charge >= 0.3 is 0 Å². The van der Waals surface area contributed by atoms with Crippen molar-refractivity contribution < 1.29 is 13.5 Å². The molecule has 0 bridgehead atoms. The van der Waals surface area contributed by atoms with Crippen LogP contribution >= 0.6 is 23.2 Å². The van der Waals surface area contributed by atoms with Gasteiger partial charge in [-0.05, 0) is 31.0 Å². The van der Waals surface area contributed by atoms with E-state index in [0.717, 1.165) is 19.3 Å². The average molecular weight is 324 g/mol. The Morgan fingerprint density at radius 3 is 2.21 bits per heavy atom. The molecule has 0 spiro atoms. The number of nitrogens with zero attached hydrogens (tertiary/aromatic N) is 1. The molecule has 1 fully saturated rings. The van der Waals surface area contributed by atoms with Crippen LogP contribution in [-0.2, 0) is 10.0 Å². The molecule has 0 aromatic heterocycles. The lowest BCUT2D eigenvalue weighted by molar-refractivity contribution is 0.178. The normalized spacial score (nSPS) is 16.6. The van der Waals surface area contributed by atoms with Crippen molar-refractivity contribution >= 4 is 33.2 Å². The zero-order chi connectivity index (χ0) is 14.0. The third-order valence-corrected chi connectivity index (χ3v) is 5.61. The largest absolute Gasteiger partial charge is 0.395 e. The highest BCUT2D eigenvalue weighted by atomic mass is 35.5. The lowest BCUT2D eigenvalue weighted by atomic mass is 9.93. The van der Waals surface area contributed by atoms with Gasteiger partial charge in [0.15, 0.2) is 0 Å². The monoisotopic (exact) mass is 323 g/mol. The maximum Gasteiger partial charge on any atom is 0.243 e. The maximum atomic E-state index is 12.6. The van der Waals surface area contributed by atoms with Crippen molar-refractivity contribution in [3.63, 3.8) is 0 Å². The van der Waals surface area contributed by atoms with Gasteiger partial charge in [-0.2, -0.15) is 4.31 Å². The van der Waals surface area contributed by atoms with Gasteiger partial charge in [0.1, 0.15) is 0 Å². The van der Waals surface area contributed by atoms with Gasteiger partial charge in [0.2, 0.25) is 10.0 Å². The van der Waals surface area contributed by atoms with E-state index < -0.39 is 10.0 Å². The number of rotatable bonds is 5. The summed E-state index contributed by atoms with van der Waals surface area (Å²) in [6, 6.07) is 4.22. The number of halogens is 2. The number of aliphatic hydroxyl groups excluding tert-OH is 1. The number of hydrogen-bond acceptors (Lipinski definition) is 3. The first kappa shape index (κ1) is 15.1. The smallest absolute Gasteiger partial charge is 0.243 e. The second-order valence-corrected chi connectivity index (χ2v) is 7.29. The molecule has 7 heteroatoms. The van der Waals surface area contributed by atoms with E-state index in [9.17, 15) is 8.42 Å². The highest BCUT2D eigenvalue weighted by Crippen LogP contribution is 2.31. The van der Waals surface area contributed by atoms with Crippen molar-refractivity contribution in [2.45, 2.75) is 30.2 Å². The van der Waals surface area contributed by atoms with E-state index in [2.05, 4.69) is 0 Å². The van der Waals surface area contributed by atoms with Crippen molar-refractivity contribution in [3.8, 4) is 0 Å². The van der Waals surface area contributed by atoms with Crippen LogP contribution in [0.1, 0.15) is 19.3 Å². The van der Waals surface area contributed by atoms with E-state index in [1.807, 2.05) is 0 Å². The molecule has 1 aliphatic carbocycles. The molecular weight excluding hydrogens is 309 g/mol. The van der Waals surface area contributed by atoms with Gasteiger partial charge in [0.05, 0.1) is 11.5 Å². The number of hydrogen-bond donors (Lipinski definition) is 1. The molecular formula is C12H15Cl2NO3S. The van der Waals surface area contributed by atoms with Gasteiger partial charge in [0, 0.05) is 22.6 Å². The van der Waals surface area contributed by atoms with E-state index in [1.54, 1.807) is 0 Å². The van der Waals surface area contributed by atoms with Crippen molar-refractivity contribution in [2.24, 2.45) is 0 Å². The number of sulfonamides is 1. The molecule has 0 saturated heterocycles. The Morgan fingerprint density at radius 1 is 1.21 bits per heavy atom. The molecule has 0 aliphatic heterocycles. The molecule has 0 unspecified atom stereocenters. The Balaban J connectivity index is 2.37. The van der Waals surface area contributed by atoms with Gasteiger partial charge < -0.3 is 5.11 Å². The molecule has 1 saturated carbocycles. The van der Waals surface area contributed by atoms with Gasteiger partial charge in [-0.1, -0.05) is 29.6 Å². The van der Waals surface area contributed by atoms with Crippen molar-refractivity contribution in [3.05, 3.63) is 28.2 Å². The summed E-state index contributed by atoms with van der Waals surface area (Å²) < 4.78 is 26.5. The highest BCUT2D eigenvalue weighted by molar-refractivity contribution is 7.89. The zero-order valence-electron chi connectivity index (χ0n) is 10.2. The maximum absolute atomic E-state index is 12.6. The molecule has 1 N–H and O–H groups in total. The summed E-state index contributed by atoms with van der Waals surface area (Å²) in [5.74, 6) is 0. The molecule has 1 aromatic rings. The van der Waals surface area contributed by atoms with Crippen molar-refractivity contribution in [1.82, 2.24) is 4.31 Å². The lowest BCUT2D eigenvalue weighted by Gasteiger charge is -2.36. The van der Waals surface area contributed by atoms with Crippen LogP contribution in [0.15, 0.2) is 23.1 Å². The quantitative estimate of drug-likeness (QED) is 0.905. The van der Waals surface area contributed by atoms with Crippen molar-refractivity contribution in [1.29, 1.82) is 0 Å². The van der Waals surface area contributed by atoms with E-state index in [1.165, 1.54) is 22.5 Å². The number of benzene rings is 1. The Kier molecular flexibility index (Phi) is 4.74. The molecule has 0 heterocycles. The topological polar surface area (TPSA) is 57.6 Å². The molecule has 106 valence electrons. The Morgan fingerprint density at radius 2 is 1.79 bits per heavy atom. The summed E-state index contributed by atoms with van der Waals surface area (Å²) in [6.07, 6.45) is 2.67. The minimum absolute atomic E-state index is 0.0325. The third kappa shape index (κ3) is 3.23. The molecule has 1 aromatic carbocycles. The summed E-state index contributed by atoms with van der Waals surface area (Å²) in [7, 11) is -3.66. The number of aliphatic hydroxyl groups is 1. The standard InChI is InChI=1S/C12H15Cl2NO3S/c13-9-6-10(14)8-12(7-9)19(17,18)15(4-5-16)11-2-1-3-11/h6-8,11,16H,1-5H2. The minimum atomic E-state index is -3.66. The van der Waals surface area contributed by atoms with Crippen LogP contribution < -0.4 is 0 Å². The minimum Gasteiger partial charge on any atom is -0.395 e. The van der Waals surface area contributed by atoms with Crippen LogP contribution in [0.3, 0.4) is 0 Å². The van der Waals surface area contributed by atoms with Crippen LogP contribution in [0.2, 0.25) is 10.0 Å². The molecule has 0 atom stereocenters. The van der Waals surface area contributed by atoms with Crippen LogP contribution in [0.25, 0.3) is 0 Å². The zero-order valence-corrected chi connectivity index (χ0v) is 12.5. The fourth-order valence-corrected chi connectivity index (χ4v) is 4.49.